The van der Waals surface area contributed by atoms with Crippen molar-refractivity contribution in [2.45, 2.75) is 13.8 Å². The lowest BCUT2D eigenvalue weighted by atomic mass is 10.1. The number of nitrogens with zero attached hydrogens (tertiary/aromatic N) is 3. The molecule has 2 aromatic heterocycles. The number of H-pyrrole nitrogens is 1. The molecular weight excluding hydrogens is 264 g/mol. The summed E-state index contributed by atoms with van der Waals surface area (Å²) in [5.74, 6) is -0.0629. The summed E-state index contributed by atoms with van der Waals surface area (Å²) < 4.78 is 0. The van der Waals surface area contributed by atoms with Gasteiger partial charge in [-0.2, -0.15) is 0 Å². The van der Waals surface area contributed by atoms with Crippen molar-refractivity contribution in [2.75, 3.05) is 11.4 Å². The number of benzene rings is 1. The Morgan fingerprint density at radius 2 is 2.14 bits per heavy atom. The third-order valence-corrected chi connectivity index (χ3v) is 3.40. The van der Waals surface area contributed by atoms with Crippen LogP contribution in [0.25, 0.3) is 11.2 Å². The maximum Gasteiger partial charge on any atom is 0.259 e. The van der Waals surface area contributed by atoms with Crippen molar-refractivity contribution < 1.29 is 4.79 Å². The van der Waals surface area contributed by atoms with Crippen LogP contribution in [-0.2, 0) is 0 Å². The molecule has 1 N–H and O–H groups in total. The Morgan fingerprint density at radius 3 is 2.90 bits per heavy atom. The molecule has 0 aliphatic heterocycles. The number of aromatic amines is 1. The highest BCUT2D eigenvalue weighted by atomic mass is 16.2. The van der Waals surface area contributed by atoms with Crippen molar-refractivity contribution >= 4 is 22.8 Å². The van der Waals surface area contributed by atoms with E-state index >= 15 is 0 Å². The monoisotopic (exact) mass is 280 g/mol. The largest absolute Gasteiger partial charge is 0.343 e. The first-order valence-electron chi connectivity index (χ1n) is 6.86. The maximum atomic E-state index is 12.7. The number of rotatable bonds is 3. The molecule has 0 aliphatic carbocycles. The highest BCUT2D eigenvalue weighted by molar-refractivity contribution is 6.07. The van der Waals surface area contributed by atoms with Crippen LogP contribution in [-0.4, -0.2) is 27.4 Å². The van der Waals surface area contributed by atoms with Gasteiger partial charge in [0.15, 0.2) is 5.65 Å². The summed E-state index contributed by atoms with van der Waals surface area (Å²) in [6, 6.07) is 9.70. The highest BCUT2D eigenvalue weighted by Gasteiger charge is 2.17. The number of pyridine rings is 1. The second-order valence-electron chi connectivity index (χ2n) is 4.89. The second-order valence-corrected chi connectivity index (χ2v) is 4.89. The molecule has 2 heterocycles. The van der Waals surface area contributed by atoms with E-state index in [4.69, 9.17) is 0 Å². The second kappa shape index (κ2) is 5.36. The van der Waals surface area contributed by atoms with Crippen LogP contribution in [0.4, 0.5) is 5.69 Å². The van der Waals surface area contributed by atoms with E-state index in [1.54, 1.807) is 23.5 Å². The Bertz CT molecular complexity index is 794. The quantitative estimate of drug-likeness (QED) is 0.802. The van der Waals surface area contributed by atoms with Gasteiger partial charge in [-0.3, -0.25) is 4.79 Å². The van der Waals surface area contributed by atoms with Gasteiger partial charge in [0.25, 0.3) is 5.91 Å². The molecule has 0 spiro atoms. The summed E-state index contributed by atoms with van der Waals surface area (Å²) in [5, 5.41) is 0. The Balaban J connectivity index is 1.98. The molecule has 1 aromatic carbocycles. The van der Waals surface area contributed by atoms with Gasteiger partial charge in [0.05, 0.1) is 17.4 Å². The summed E-state index contributed by atoms with van der Waals surface area (Å²) >= 11 is 0. The molecule has 3 aromatic rings. The molecule has 0 fully saturated rings. The first-order chi connectivity index (χ1) is 10.2. The summed E-state index contributed by atoms with van der Waals surface area (Å²) in [4.78, 5) is 25.7. The van der Waals surface area contributed by atoms with Crippen molar-refractivity contribution in [2.24, 2.45) is 0 Å². The van der Waals surface area contributed by atoms with E-state index in [1.807, 2.05) is 38.1 Å². The number of anilines is 1. The Hall–Kier alpha value is -2.69. The lowest BCUT2D eigenvalue weighted by Gasteiger charge is -2.21. The summed E-state index contributed by atoms with van der Waals surface area (Å²) in [5.41, 5.74) is 3.95. The molecule has 21 heavy (non-hydrogen) atoms. The standard InChI is InChI=1S/C16H16N4O/c1-3-20(13-6-4-5-11(2)7-13)16(21)12-8-14-15(17-9-12)19-10-18-14/h4-10H,3H2,1-2H3,(H,17,18,19). The summed E-state index contributed by atoms with van der Waals surface area (Å²) in [7, 11) is 0. The first kappa shape index (κ1) is 13.3. The van der Waals surface area contributed by atoms with Crippen LogP contribution in [0, 0.1) is 6.92 Å². The fraction of sp³-hybridized carbons (Fsp3) is 0.188. The molecule has 1 amide bonds. The van der Waals surface area contributed by atoms with Gasteiger partial charge in [-0.15, -0.1) is 0 Å². The predicted octanol–water partition coefficient (Wildman–Crippen LogP) is 2.93. The summed E-state index contributed by atoms with van der Waals surface area (Å²) in [6.45, 7) is 4.58. The number of hydrogen-bond donors (Lipinski definition) is 1. The molecular formula is C16H16N4O. The molecule has 5 nitrogen and oxygen atoms in total. The smallest absolute Gasteiger partial charge is 0.259 e. The lowest BCUT2D eigenvalue weighted by molar-refractivity contribution is 0.0988. The predicted molar refractivity (Wildman–Crippen MR) is 82.4 cm³/mol. The number of aryl methyl sites for hydroxylation is 1. The van der Waals surface area contributed by atoms with Gasteiger partial charge in [-0.05, 0) is 37.6 Å². The van der Waals surface area contributed by atoms with Crippen LogP contribution in [0.15, 0.2) is 42.9 Å². The molecule has 0 saturated carbocycles. The Kier molecular flexibility index (Phi) is 3.39. The van der Waals surface area contributed by atoms with Crippen LogP contribution in [0.1, 0.15) is 22.8 Å². The third kappa shape index (κ3) is 2.50. The van der Waals surface area contributed by atoms with Gasteiger partial charge in [0.1, 0.15) is 0 Å². The van der Waals surface area contributed by atoms with E-state index < -0.39 is 0 Å². The topological polar surface area (TPSA) is 61.9 Å². The minimum absolute atomic E-state index is 0.0629. The van der Waals surface area contributed by atoms with Crippen molar-refractivity contribution in [3.8, 4) is 0 Å². The van der Waals surface area contributed by atoms with Gasteiger partial charge in [0, 0.05) is 18.4 Å². The molecule has 0 radical (unpaired) electrons. The van der Waals surface area contributed by atoms with E-state index in [0.717, 1.165) is 16.8 Å². The van der Waals surface area contributed by atoms with E-state index in [9.17, 15) is 4.79 Å². The zero-order valence-corrected chi connectivity index (χ0v) is 12.0. The van der Waals surface area contributed by atoms with Gasteiger partial charge in [-0.25, -0.2) is 9.97 Å². The molecule has 0 aliphatic rings. The first-order valence-corrected chi connectivity index (χ1v) is 6.86. The van der Waals surface area contributed by atoms with Gasteiger partial charge < -0.3 is 9.88 Å². The third-order valence-electron chi connectivity index (χ3n) is 3.40. The van der Waals surface area contributed by atoms with Crippen LogP contribution in [0.2, 0.25) is 0 Å². The number of fused-ring (bicyclic) bond motifs is 1. The lowest BCUT2D eigenvalue weighted by Crippen LogP contribution is -2.30. The van der Waals surface area contributed by atoms with Crippen LogP contribution in [0.3, 0.4) is 0 Å². The van der Waals surface area contributed by atoms with Crippen LogP contribution < -0.4 is 4.90 Å². The number of aromatic nitrogens is 3. The van der Waals surface area contributed by atoms with Gasteiger partial charge in [-0.1, -0.05) is 12.1 Å². The average Bonchev–Trinajstić information content (AvgIpc) is 2.95. The zero-order chi connectivity index (χ0) is 14.8. The summed E-state index contributed by atoms with van der Waals surface area (Å²) in [6.07, 6.45) is 3.15. The minimum atomic E-state index is -0.0629. The number of carbonyl (C=O) groups is 1. The number of carbonyl (C=O) groups excluding carboxylic acids is 1. The molecule has 0 unspecified atom stereocenters. The molecule has 0 bridgehead atoms. The van der Waals surface area contributed by atoms with E-state index in [0.29, 0.717) is 17.8 Å². The van der Waals surface area contributed by atoms with Gasteiger partial charge >= 0.3 is 0 Å². The molecule has 3 rings (SSSR count). The zero-order valence-electron chi connectivity index (χ0n) is 12.0. The van der Waals surface area contributed by atoms with Crippen molar-refractivity contribution in [3.05, 3.63) is 54.0 Å². The normalized spacial score (nSPS) is 10.8. The highest BCUT2D eigenvalue weighted by Crippen LogP contribution is 2.19. The average molecular weight is 280 g/mol. The Labute approximate surface area is 122 Å². The fourth-order valence-corrected chi connectivity index (χ4v) is 2.34. The fourth-order valence-electron chi connectivity index (χ4n) is 2.34. The van der Waals surface area contributed by atoms with Crippen LogP contribution >= 0.6 is 0 Å². The SMILES string of the molecule is CCN(C(=O)c1cnc2nc[nH]c2c1)c1cccc(C)c1. The number of hydrogen-bond acceptors (Lipinski definition) is 3. The number of imidazole rings is 1. The molecule has 5 heteroatoms. The van der Waals surface area contributed by atoms with Crippen molar-refractivity contribution in [1.29, 1.82) is 0 Å². The van der Waals surface area contributed by atoms with E-state index in [1.165, 1.54) is 0 Å². The van der Waals surface area contributed by atoms with Gasteiger partial charge in [0.2, 0.25) is 0 Å². The number of amides is 1. The van der Waals surface area contributed by atoms with Crippen molar-refractivity contribution in [3.63, 3.8) is 0 Å². The molecule has 0 saturated heterocycles. The Morgan fingerprint density at radius 1 is 1.29 bits per heavy atom. The minimum Gasteiger partial charge on any atom is -0.343 e. The molecule has 0 atom stereocenters. The number of nitrogens with one attached hydrogen (secondary N) is 1. The van der Waals surface area contributed by atoms with Crippen LogP contribution in [0.5, 0.6) is 0 Å². The van der Waals surface area contributed by atoms with Crippen molar-refractivity contribution in [1.82, 2.24) is 15.0 Å². The van der Waals surface area contributed by atoms with E-state index in [-0.39, 0.29) is 5.91 Å². The molecule has 106 valence electrons. The van der Waals surface area contributed by atoms with E-state index in [2.05, 4.69) is 15.0 Å². The maximum absolute atomic E-state index is 12.7.